The average molecular weight is 404 g/mol. The Bertz CT molecular complexity index is 991. The molecule has 3 N–H and O–H groups in total. The van der Waals surface area contributed by atoms with Gasteiger partial charge < -0.3 is 16.0 Å². The van der Waals surface area contributed by atoms with Crippen molar-refractivity contribution in [1.29, 1.82) is 0 Å². The molecule has 0 spiro atoms. The molecule has 0 saturated heterocycles. The van der Waals surface area contributed by atoms with E-state index in [4.69, 9.17) is 12.2 Å². The summed E-state index contributed by atoms with van der Waals surface area (Å²) in [5.41, 5.74) is 2.97. The van der Waals surface area contributed by atoms with Crippen LogP contribution in [0.15, 0.2) is 84.9 Å². The molecule has 5 nitrogen and oxygen atoms in total. The minimum absolute atomic E-state index is 0.153. The number of anilines is 2. The van der Waals surface area contributed by atoms with Gasteiger partial charge in [-0.25, -0.2) is 0 Å². The molecule has 3 aromatic carbocycles. The van der Waals surface area contributed by atoms with E-state index in [-0.39, 0.29) is 16.9 Å². The van der Waals surface area contributed by atoms with Gasteiger partial charge in [-0.1, -0.05) is 54.6 Å². The number of benzene rings is 3. The van der Waals surface area contributed by atoms with Gasteiger partial charge >= 0.3 is 0 Å². The van der Waals surface area contributed by atoms with Gasteiger partial charge in [-0.3, -0.25) is 9.59 Å². The van der Waals surface area contributed by atoms with E-state index in [9.17, 15) is 9.59 Å². The summed E-state index contributed by atoms with van der Waals surface area (Å²) in [6.45, 7) is 0. The third-order valence-corrected chi connectivity index (χ3v) is 4.35. The fourth-order valence-corrected chi connectivity index (χ4v) is 2.95. The second kappa shape index (κ2) is 10.1. The summed E-state index contributed by atoms with van der Waals surface area (Å²) < 4.78 is 0. The molecule has 0 aromatic heterocycles. The van der Waals surface area contributed by atoms with Gasteiger partial charge in [-0.15, -0.1) is 0 Å². The Morgan fingerprint density at radius 2 is 1.38 bits per heavy atom. The molecular weight excluding hydrogens is 382 g/mol. The Kier molecular flexibility index (Phi) is 7.08. The number of carbonyl (C=O) groups is 2. The van der Waals surface area contributed by atoms with E-state index in [1.165, 1.54) is 0 Å². The van der Waals surface area contributed by atoms with Crippen LogP contribution in [0.4, 0.5) is 11.4 Å². The first kappa shape index (κ1) is 20.2. The van der Waals surface area contributed by atoms with Crippen LogP contribution in [0.3, 0.4) is 0 Å². The Morgan fingerprint density at radius 3 is 2.07 bits per heavy atom. The first-order chi connectivity index (χ1) is 14.1. The number of rotatable bonds is 6. The van der Waals surface area contributed by atoms with E-state index in [1.807, 2.05) is 48.5 Å². The van der Waals surface area contributed by atoms with Crippen molar-refractivity contribution in [2.45, 2.75) is 12.8 Å². The molecule has 0 aliphatic heterocycles. The van der Waals surface area contributed by atoms with Gasteiger partial charge in [0.1, 0.15) is 0 Å². The number of thiocarbonyl (C=S) groups is 1. The molecule has 0 radical (unpaired) electrons. The van der Waals surface area contributed by atoms with Gasteiger partial charge in [0.05, 0.1) is 0 Å². The molecule has 0 aliphatic carbocycles. The van der Waals surface area contributed by atoms with Crippen LogP contribution >= 0.6 is 12.2 Å². The molecule has 0 aliphatic rings. The van der Waals surface area contributed by atoms with Crippen LogP contribution in [0.1, 0.15) is 22.3 Å². The van der Waals surface area contributed by atoms with Crippen molar-refractivity contribution in [3.8, 4) is 0 Å². The SMILES string of the molecule is O=C(CCc1ccccc1)NC(=S)Nc1cccc(NC(=O)c2ccccc2)c1. The molecule has 0 bridgehead atoms. The molecule has 6 heteroatoms. The molecule has 146 valence electrons. The van der Waals surface area contributed by atoms with Crippen molar-refractivity contribution in [3.05, 3.63) is 96.1 Å². The first-order valence-electron chi connectivity index (χ1n) is 9.21. The molecule has 0 atom stereocenters. The second-order valence-electron chi connectivity index (χ2n) is 6.39. The number of carbonyl (C=O) groups excluding carboxylic acids is 2. The highest BCUT2D eigenvalue weighted by Gasteiger charge is 2.08. The van der Waals surface area contributed by atoms with Crippen LogP contribution in [0.25, 0.3) is 0 Å². The van der Waals surface area contributed by atoms with Crippen molar-refractivity contribution in [2.24, 2.45) is 0 Å². The van der Waals surface area contributed by atoms with Crippen LogP contribution in [-0.2, 0) is 11.2 Å². The monoisotopic (exact) mass is 403 g/mol. The highest BCUT2D eigenvalue weighted by molar-refractivity contribution is 7.80. The summed E-state index contributed by atoms with van der Waals surface area (Å²) in [6, 6.07) is 25.9. The van der Waals surface area contributed by atoms with Gasteiger partial charge in [0, 0.05) is 23.4 Å². The largest absolute Gasteiger partial charge is 0.332 e. The minimum Gasteiger partial charge on any atom is -0.332 e. The molecule has 0 saturated carbocycles. The van der Waals surface area contributed by atoms with Crippen LogP contribution in [0, 0.1) is 0 Å². The van der Waals surface area contributed by atoms with E-state index in [2.05, 4.69) is 16.0 Å². The predicted molar refractivity (Wildman–Crippen MR) is 120 cm³/mol. The van der Waals surface area contributed by atoms with Crippen LogP contribution in [0.5, 0.6) is 0 Å². The Morgan fingerprint density at radius 1 is 0.759 bits per heavy atom. The molecule has 0 heterocycles. The summed E-state index contributed by atoms with van der Waals surface area (Å²) in [6.07, 6.45) is 0.995. The average Bonchev–Trinajstić information content (AvgIpc) is 2.74. The summed E-state index contributed by atoms with van der Waals surface area (Å²) >= 11 is 5.22. The maximum atomic E-state index is 12.3. The van der Waals surface area contributed by atoms with Gasteiger partial charge in [-0.2, -0.15) is 0 Å². The van der Waals surface area contributed by atoms with E-state index in [0.29, 0.717) is 29.8 Å². The lowest BCUT2D eigenvalue weighted by Crippen LogP contribution is -2.34. The minimum atomic E-state index is -0.195. The van der Waals surface area contributed by atoms with Gasteiger partial charge in [-0.05, 0) is 54.5 Å². The van der Waals surface area contributed by atoms with Gasteiger partial charge in [0.15, 0.2) is 5.11 Å². The molecular formula is C23H21N3O2S. The number of amides is 2. The Balaban J connectivity index is 1.50. The highest BCUT2D eigenvalue weighted by atomic mass is 32.1. The van der Waals surface area contributed by atoms with Crippen LogP contribution in [0.2, 0.25) is 0 Å². The van der Waals surface area contributed by atoms with Gasteiger partial charge in [0.2, 0.25) is 5.91 Å². The number of aryl methyl sites for hydroxylation is 1. The summed E-state index contributed by atoms with van der Waals surface area (Å²) in [5.74, 6) is -0.348. The predicted octanol–water partition coefficient (Wildman–Crippen LogP) is 4.38. The standard InChI is InChI=1S/C23H21N3O2S/c27-21(15-14-17-8-3-1-4-9-17)26-23(29)25-20-13-7-12-19(16-20)24-22(28)18-10-5-2-6-11-18/h1-13,16H,14-15H2,(H,24,28)(H2,25,26,27,29). The zero-order chi connectivity index (χ0) is 20.5. The lowest BCUT2D eigenvalue weighted by molar-refractivity contribution is -0.119. The Labute approximate surface area is 175 Å². The van der Waals surface area contributed by atoms with E-state index < -0.39 is 0 Å². The van der Waals surface area contributed by atoms with Gasteiger partial charge in [0.25, 0.3) is 5.91 Å². The number of hydrogen-bond donors (Lipinski definition) is 3. The lowest BCUT2D eigenvalue weighted by Gasteiger charge is -2.11. The molecule has 0 unspecified atom stereocenters. The van der Waals surface area contributed by atoms with Crippen molar-refractivity contribution in [2.75, 3.05) is 10.6 Å². The van der Waals surface area contributed by atoms with E-state index in [0.717, 1.165) is 5.56 Å². The summed E-state index contributed by atoms with van der Waals surface area (Å²) in [5, 5.41) is 8.71. The third-order valence-electron chi connectivity index (χ3n) is 4.15. The van der Waals surface area contributed by atoms with E-state index >= 15 is 0 Å². The molecule has 3 rings (SSSR count). The molecule has 3 aromatic rings. The van der Waals surface area contributed by atoms with Crippen LogP contribution in [-0.4, -0.2) is 16.9 Å². The maximum absolute atomic E-state index is 12.3. The maximum Gasteiger partial charge on any atom is 0.255 e. The number of nitrogens with one attached hydrogen (secondary N) is 3. The fraction of sp³-hybridized carbons (Fsp3) is 0.0870. The third kappa shape index (κ3) is 6.55. The highest BCUT2D eigenvalue weighted by Crippen LogP contribution is 2.16. The lowest BCUT2D eigenvalue weighted by atomic mass is 10.1. The second-order valence-corrected chi connectivity index (χ2v) is 6.80. The normalized spacial score (nSPS) is 10.1. The summed E-state index contributed by atoms with van der Waals surface area (Å²) in [4.78, 5) is 24.4. The number of hydrogen-bond acceptors (Lipinski definition) is 3. The first-order valence-corrected chi connectivity index (χ1v) is 9.62. The van der Waals surface area contributed by atoms with Crippen molar-refractivity contribution >= 4 is 40.5 Å². The topological polar surface area (TPSA) is 70.2 Å². The smallest absolute Gasteiger partial charge is 0.255 e. The molecule has 2 amide bonds. The molecule has 0 fully saturated rings. The molecule has 29 heavy (non-hydrogen) atoms. The quantitative estimate of drug-likeness (QED) is 0.534. The summed E-state index contributed by atoms with van der Waals surface area (Å²) in [7, 11) is 0. The zero-order valence-electron chi connectivity index (χ0n) is 15.7. The van der Waals surface area contributed by atoms with Crippen molar-refractivity contribution < 1.29 is 9.59 Å². The Hall–Kier alpha value is -3.51. The van der Waals surface area contributed by atoms with Crippen molar-refractivity contribution in [3.63, 3.8) is 0 Å². The van der Waals surface area contributed by atoms with Crippen LogP contribution < -0.4 is 16.0 Å². The zero-order valence-corrected chi connectivity index (χ0v) is 16.5. The van der Waals surface area contributed by atoms with Crippen molar-refractivity contribution in [1.82, 2.24) is 5.32 Å². The fourth-order valence-electron chi connectivity index (χ4n) is 2.72. The van der Waals surface area contributed by atoms with E-state index in [1.54, 1.807) is 36.4 Å².